The van der Waals surface area contributed by atoms with Gasteiger partial charge in [-0.05, 0) is 60.7 Å². The lowest BCUT2D eigenvalue weighted by Crippen LogP contribution is -2.46. The van der Waals surface area contributed by atoms with E-state index in [9.17, 15) is 18.8 Å². The van der Waals surface area contributed by atoms with E-state index in [0.29, 0.717) is 35.9 Å². The minimum absolute atomic E-state index is 0.149. The van der Waals surface area contributed by atoms with Gasteiger partial charge < -0.3 is 24.7 Å². The molecule has 4 rings (SSSR count). The van der Waals surface area contributed by atoms with Crippen LogP contribution in [0.1, 0.15) is 23.3 Å². The summed E-state index contributed by atoms with van der Waals surface area (Å²) >= 11 is 0. The maximum absolute atomic E-state index is 13.0. The highest BCUT2D eigenvalue weighted by molar-refractivity contribution is 5.92. The predicted molar refractivity (Wildman–Crippen MR) is 143 cm³/mol. The number of carbonyl (C=O) groups excluding carboxylic acids is 1. The average molecular weight is 537 g/mol. The van der Waals surface area contributed by atoms with Crippen LogP contribution in [0.2, 0.25) is 0 Å². The number of pyridine rings is 1. The molecule has 1 aliphatic heterocycles. The summed E-state index contributed by atoms with van der Waals surface area (Å²) in [6.07, 6.45) is 3.65. The molecular formula is C29H31FN3O6+. The van der Waals surface area contributed by atoms with E-state index in [0.717, 1.165) is 22.3 Å². The highest BCUT2D eigenvalue weighted by Gasteiger charge is 2.26. The van der Waals surface area contributed by atoms with Crippen molar-refractivity contribution in [3.8, 4) is 22.8 Å². The molecule has 39 heavy (non-hydrogen) atoms. The second-order valence-corrected chi connectivity index (χ2v) is 9.25. The van der Waals surface area contributed by atoms with E-state index in [2.05, 4.69) is 17.3 Å². The van der Waals surface area contributed by atoms with Crippen molar-refractivity contribution in [1.82, 2.24) is 10.3 Å². The molecule has 3 aromatic rings. The number of amides is 1. The third-order valence-corrected chi connectivity index (χ3v) is 6.13. The first-order valence-corrected chi connectivity index (χ1v) is 12.4. The molecule has 9 nitrogen and oxygen atoms in total. The summed E-state index contributed by atoms with van der Waals surface area (Å²) < 4.78 is 19.8. The summed E-state index contributed by atoms with van der Waals surface area (Å²) in [5, 5.41) is 18.6. The molecule has 1 fully saturated rings. The van der Waals surface area contributed by atoms with Crippen molar-refractivity contribution in [3.05, 3.63) is 90.4 Å². The largest absolute Gasteiger partial charge is 0.478 e. The standard InChI is InChI=1S/C25H26FN3O2.C4H4O4/c1-29(16-2-3-17-29)18-15-27-25(30)24-6-4-5-23(28-24)19-7-11-21(12-8-19)31-22-13-9-20(26)10-14-22;5-3(6)1-2-4(7)8/h4-14H,2-3,15-18H2,1H3;1-2H,(H,5,6)(H,7,8)/p+1/b;2-1-. The van der Waals surface area contributed by atoms with Crippen LogP contribution >= 0.6 is 0 Å². The van der Waals surface area contributed by atoms with E-state index >= 15 is 0 Å². The third-order valence-electron chi connectivity index (χ3n) is 6.13. The molecule has 0 aliphatic carbocycles. The number of rotatable bonds is 9. The minimum atomic E-state index is -1.26. The molecule has 3 N–H and O–H groups in total. The highest BCUT2D eigenvalue weighted by Crippen LogP contribution is 2.25. The number of quaternary nitrogens is 1. The van der Waals surface area contributed by atoms with Gasteiger partial charge in [-0.2, -0.15) is 0 Å². The fourth-order valence-corrected chi connectivity index (χ4v) is 4.05. The Labute approximate surface area is 225 Å². The number of carbonyl (C=O) groups is 3. The number of halogens is 1. The van der Waals surface area contributed by atoms with Crippen molar-refractivity contribution >= 4 is 17.8 Å². The van der Waals surface area contributed by atoms with E-state index in [-0.39, 0.29) is 11.7 Å². The van der Waals surface area contributed by atoms with Crippen molar-refractivity contribution in [2.75, 3.05) is 33.2 Å². The van der Waals surface area contributed by atoms with E-state index in [4.69, 9.17) is 14.9 Å². The zero-order chi connectivity index (χ0) is 28.3. The van der Waals surface area contributed by atoms with Gasteiger partial charge in [0, 0.05) is 30.6 Å². The van der Waals surface area contributed by atoms with Crippen LogP contribution in [0.5, 0.6) is 11.5 Å². The number of likely N-dealkylation sites (N-methyl/N-ethyl adjacent to an activating group) is 1. The van der Waals surface area contributed by atoms with Gasteiger partial charge in [-0.25, -0.2) is 19.0 Å². The molecule has 0 spiro atoms. The third kappa shape index (κ3) is 9.67. The second kappa shape index (κ2) is 13.8. The van der Waals surface area contributed by atoms with Crippen LogP contribution in [0.25, 0.3) is 11.3 Å². The van der Waals surface area contributed by atoms with E-state index < -0.39 is 11.9 Å². The summed E-state index contributed by atoms with van der Waals surface area (Å²) in [5.74, 6) is -1.76. The fourth-order valence-electron chi connectivity index (χ4n) is 4.05. The Kier molecular flexibility index (Phi) is 10.3. The number of carboxylic acids is 2. The number of carboxylic acid groups (broad SMARTS) is 2. The SMILES string of the molecule is C[N+]1(CCNC(=O)c2cccc(-c3ccc(Oc4ccc(F)cc4)cc3)n2)CCCC1.O=C(O)/C=C\C(=O)O. The van der Waals surface area contributed by atoms with Crippen molar-refractivity contribution < 1.29 is 38.2 Å². The lowest BCUT2D eigenvalue weighted by atomic mass is 10.1. The Morgan fingerprint density at radius 3 is 2.05 bits per heavy atom. The number of aliphatic carboxylic acids is 2. The smallest absolute Gasteiger partial charge is 0.328 e. The van der Waals surface area contributed by atoms with Crippen molar-refractivity contribution in [1.29, 1.82) is 0 Å². The zero-order valence-electron chi connectivity index (χ0n) is 21.5. The molecule has 0 unspecified atom stereocenters. The first kappa shape index (κ1) is 29.0. The summed E-state index contributed by atoms with van der Waals surface area (Å²) in [4.78, 5) is 36.2. The van der Waals surface area contributed by atoms with Crippen molar-refractivity contribution in [2.24, 2.45) is 0 Å². The summed E-state index contributed by atoms with van der Waals surface area (Å²) in [6.45, 7) is 3.96. The van der Waals surface area contributed by atoms with E-state index in [1.165, 1.54) is 38.1 Å². The Hall–Kier alpha value is -4.57. The normalized spacial score (nSPS) is 13.8. The molecule has 1 aliphatic rings. The number of likely N-dealkylation sites (tertiary alicyclic amines) is 1. The number of aromatic nitrogens is 1. The van der Waals surface area contributed by atoms with Gasteiger partial charge in [0.1, 0.15) is 23.0 Å². The van der Waals surface area contributed by atoms with Gasteiger partial charge in [-0.15, -0.1) is 0 Å². The first-order chi connectivity index (χ1) is 18.6. The molecular weight excluding hydrogens is 505 g/mol. The first-order valence-electron chi connectivity index (χ1n) is 12.4. The fraction of sp³-hybridized carbons (Fsp3) is 0.241. The molecule has 0 bridgehead atoms. The Morgan fingerprint density at radius 2 is 1.49 bits per heavy atom. The summed E-state index contributed by atoms with van der Waals surface area (Å²) in [5.41, 5.74) is 2.02. The average Bonchev–Trinajstić information content (AvgIpc) is 3.36. The summed E-state index contributed by atoms with van der Waals surface area (Å²) in [6, 6.07) is 18.8. The van der Waals surface area contributed by atoms with Crippen molar-refractivity contribution in [2.45, 2.75) is 12.8 Å². The monoisotopic (exact) mass is 536 g/mol. The van der Waals surface area contributed by atoms with E-state index in [1.54, 1.807) is 18.2 Å². The number of hydrogen-bond acceptors (Lipinski definition) is 5. The quantitative estimate of drug-likeness (QED) is 0.274. The topological polar surface area (TPSA) is 126 Å². The lowest BCUT2D eigenvalue weighted by Gasteiger charge is -2.29. The van der Waals surface area contributed by atoms with Crippen LogP contribution in [0.3, 0.4) is 0 Å². The van der Waals surface area contributed by atoms with Crippen LogP contribution in [-0.2, 0) is 9.59 Å². The molecule has 1 saturated heterocycles. The van der Waals surface area contributed by atoms with Crippen LogP contribution in [-0.4, -0.2) is 70.8 Å². The molecule has 1 aromatic heterocycles. The van der Waals surface area contributed by atoms with Gasteiger partial charge in [0.15, 0.2) is 0 Å². The lowest BCUT2D eigenvalue weighted by molar-refractivity contribution is -0.896. The number of nitrogens with zero attached hydrogens (tertiary/aromatic N) is 2. The van der Waals surface area contributed by atoms with Crippen molar-refractivity contribution in [3.63, 3.8) is 0 Å². The molecule has 1 amide bonds. The van der Waals surface area contributed by atoms with Crippen LogP contribution < -0.4 is 10.1 Å². The Balaban J connectivity index is 0.000000459. The van der Waals surface area contributed by atoms with Gasteiger partial charge in [0.25, 0.3) is 5.91 Å². The van der Waals surface area contributed by atoms with Gasteiger partial charge in [-0.1, -0.05) is 6.07 Å². The Morgan fingerprint density at radius 1 is 0.923 bits per heavy atom. The molecule has 2 heterocycles. The van der Waals surface area contributed by atoms with Crippen LogP contribution in [0.4, 0.5) is 4.39 Å². The van der Waals surface area contributed by atoms with E-state index in [1.807, 2.05) is 36.4 Å². The van der Waals surface area contributed by atoms with Gasteiger partial charge >= 0.3 is 11.9 Å². The zero-order valence-corrected chi connectivity index (χ0v) is 21.5. The van der Waals surface area contributed by atoms with Crippen LogP contribution in [0.15, 0.2) is 78.9 Å². The van der Waals surface area contributed by atoms with Crippen LogP contribution in [0, 0.1) is 5.82 Å². The molecule has 0 radical (unpaired) electrons. The van der Waals surface area contributed by atoms with Gasteiger partial charge in [0.05, 0.1) is 38.9 Å². The maximum Gasteiger partial charge on any atom is 0.328 e. The highest BCUT2D eigenvalue weighted by atomic mass is 19.1. The maximum atomic E-state index is 13.0. The molecule has 0 atom stereocenters. The number of nitrogens with one attached hydrogen (secondary N) is 1. The second-order valence-electron chi connectivity index (χ2n) is 9.25. The molecule has 2 aromatic carbocycles. The molecule has 0 saturated carbocycles. The Bertz CT molecular complexity index is 1290. The number of ether oxygens (including phenoxy) is 1. The molecule has 204 valence electrons. The number of hydrogen-bond donors (Lipinski definition) is 3. The molecule has 10 heteroatoms. The summed E-state index contributed by atoms with van der Waals surface area (Å²) in [7, 11) is 2.25. The number of benzene rings is 2. The predicted octanol–water partition coefficient (Wildman–Crippen LogP) is 4.36. The minimum Gasteiger partial charge on any atom is -0.478 e. The van der Waals surface area contributed by atoms with Gasteiger partial charge in [-0.3, -0.25) is 4.79 Å². The van der Waals surface area contributed by atoms with Gasteiger partial charge in [0.2, 0.25) is 0 Å².